The van der Waals surface area contributed by atoms with Gasteiger partial charge in [-0.15, -0.1) is 12.5 Å². The number of hydrogen-bond donors (Lipinski definition) is 1. The van der Waals surface area contributed by atoms with E-state index in [0.29, 0.717) is 19.4 Å². The zero-order chi connectivity index (χ0) is 20.2. The Kier molecular flexibility index (Phi) is 9.85. The normalized spacial score (nSPS) is 18.4. The molecule has 3 atom stereocenters. The van der Waals surface area contributed by atoms with E-state index >= 15 is 0 Å². The molecule has 0 aromatic heterocycles. The van der Waals surface area contributed by atoms with Gasteiger partial charge in [0.25, 0.3) is 0 Å². The third kappa shape index (κ3) is 7.16. The third-order valence-corrected chi connectivity index (χ3v) is 4.61. The molecule has 1 heterocycles. The lowest BCUT2D eigenvalue weighted by Gasteiger charge is -2.25. The fourth-order valence-corrected chi connectivity index (χ4v) is 3.15. The summed E-state index contributed by atoms with van der Waals surface area (Å²) < 4.78 is 17.2. The van der Waals surface area contributed by atoms with Crippen LogP contribution in [0.5, 0.6) is 5.75 Å². The Balaban J connectivity index is 1.92. The van der Waals surface area contributed by atoms with Crippen LogP contribution in [0.1, 0.15) is 56.3 Å². The number of hydrogen-bond acceptors (Lipinski definition) is 4. The van der Waals surface area contributed by atoms with Crippen LogP contribution in [0.2, 0.25) is 0 Å². The highest BCUT2D eigenvalue weighted by atomic mass is 16.7. The van der Waals surface area contributed by atoms with Crippen molar-refractivity contribution in [3.8, 4) is 17.6 Å². The Morgan fingerprint density at radius 3 is 2.89 bits per heavy atom. The van der Waals surface area contributed by atoms with Crippen LogP contribution in [0.4, 0.5) is 0 Å². The van der Waals surface area contributed by atoms with Crippen LogP contribution in [0, 0.1) is 11.8 Å². The van der Waals surface area contributed by atoms with Gasteiger partial charge in [-0.2, -0.15) is 0 Å². The van der Waals surface area contributed by atoms with Gasteiger partial charge in [0, 0.05) is 18.6 Å². The molecule has 0 saturated carbocycles. The van der Waals surface area contributed by atoms with Crippen LogP contribution in [0.25, 0.3) is 0 Å². The molecule has 1 aromatic carbocycles. The highest BCUT2D eigenvalue weighted by Crippen LogP contribution is 2.28. The van der Waals surface area contributed by atoms with Crippen molar-refractivity contribution >= 4 is 0 Å². The molecule has 1 aromatic rings. The van der Waals surface area contributed by atoms with Crippen molar-refractivity contribution in [3.63, 3.8) is 0 Å². The summed E-state index contributed by atoms with van der Waals surface area (Å²) in [5, 5.41) is 10.6. The Hall–Kier alpha value is -2.06. The highest BCUT2D eigenvalue weighted by Gasteiger charge is 2.17. The smallest absolute Gasteiger partial charge is 0.157 e. The third-order valence-electron chi connectivity index (χ3n) is 4.61. The van der Waals surface area contributed by atoms with Gasteiger partial charge >= 0.3 is 0 Å². The molecule has 28 heavy (non-hydrogen) atoms. The van der Waals surface area contributed by atoms with Crippen LogP contribution < -0.4 is 4.74 Å². The van der Waals surface area contributed by atoms with Gasteiger partial charge in [-0.25, -0.2) is 0 Å². The summed E-state index contributed by atoms with van der Waals surface area (Å²) in [4.78, 5) is 0. The number of aliphatic hydroxyl groups excluding tert-OH is 1. The molecule has 1 N–H and O–H groups in total. The Bertz CT molecular complexity index is 680. The lowest BCUT2D eigenvalue weighted by Crippen LogP contribution is -2.26. The van der Waals surface area contributed by atoms with E-state index in [1.165, 1.54) is 0 Å². The summed E-state index contributed by atoms with van der Waals surface area (Å²) in [6.07, 6.45) is 7.95. The van der Waals surface area contributed by atoms with Crippen LogP contribution in [-0.2, 0) is 15.9 Å². The molecule has 0 radical (unpaired) electrons. The fraction of sp³-hybridized carbons (Fsp3) is 0.500. The molecule has 4 nitrogen and oxygen atoms in total. The predicted octanol–water partition coefficient (Wildman–Crippen LogP) is 4.73. The minimum Gasteiger partial charge on any atom is -0.489 e. The summed E-state index contributed by atoms with van der Waals surface area (Å²) in [7, 11) is 0. The van der Waals surface area contributed by atoms with Crippen molar-refractivity contribution in [1.29, 1.82) is 0 Å². The Labute approximate surface area is 169 Å². The number of ether oxygens (including phenoxy) is 3. The van der Waals surface area contributed by atoms with E-state index in [-0.39, 0.29) is 12.4 Å². The molecule has 2 rings (SSSR count). The minimum atomic E-state index is -0.861. The van der Waals surface area contributed by atoms with Crippen molar-refractivity contribution in [2.75, 3.05) is 13.2 Å². The van der Waals surface area contributed by atoms with Crippen molar-refractivity contribution < 1.29 is 19.3 Å². The van der Waals surface area contributed by atoms with Crippen LogP contribution in [0.3, 0.4) is 0 Å². The molecule has 0 bridgehead atoms. The van der Waals surface area contributed by atoms with Crippen LogP contribution in [-0.4, -0.2) is 30.7 Å². The van der Waals surface area contributed by atoms with Gasteiger partial charge < -0.3 is 19.3 Å². The first-order valence-electron chi connectivity index (χ1n) is 10.1. The van der Waals surface area contributed by atoms with Gasteiger partial charge in [0.05, 0.1) is 6.10 Å². The Morgan fingerprint density at radius 2 is 2.18 bits per heavy atom. The molecular weight excluding hydrogens is 352 g/mol. The van der Waals surface area contributed by atoms with E-state index in [4.69, 9.17) is 14.2 Å². The maximum absolute atomic E-state index is 10.6. The van der Waals surface area contributed by atoms with Crippen LogP contribution >= 0.6 is 0 Å². The number of allylic oxidation sites excluding steroid dienone is 1. The lowest BCUT2D eigenvalue weighted by atomic mass is 9.98. The summed E-state index contributed by atoms with van der Waals surface area (Å²) in [5.74, 6) is 6.76. The standard InChI is InChI=1S/C24H32O4/c1-4-11-21-20(13-10-15-23(21)26-17-5-2)22(25)14-7-6-12-19(3)28-24-16-8-9-18-27-24/h4-5,10,13,15,19,22,24-25H,1-2,6,8-9,11-12,16-18H2,3H3/t19-,22-,24?/m0/s1. The minimum absolute atomic E-state index is 0.0814. The quantitative estimate of drug-likeness (QED) is 0.468. The molecule has 1 fully saturated rings. The second kappa shape index (κ2) is 12.4. The molecule has 1 aliphatic heterocycles. The largest absolute Gasteiger partial charge is 0.489 e. The molecule has 0 aliphatic carbocycles. The number of benzene rings is 1. The first-order valence-corrected chi connectivity index (χ1v) is 10.1. The predicted molar refractivity (Wildman–Crippen MR) is 112 cm³/mol. The average molecular weight is 385 g/mol. The maximum Gasteiger partial charge on any atom is 0.157 e. The van der Waals surface area contributed by atoms with Gasteiger partial charge in [-0.3, -0.25) is 0 Å². The SMILES string of the molecule is C=CCOc1cccc([C@@H](O)C#CCC[C@H](C)OC2CCCCO2)c1CC=C. The second-order valence-corrected chi connectivity index (χ2v) is 6.92. The molecule has 1 unspecified atom stereocenters. The first kappa shape index (κ1) is 22.2. The topological polar surface area (TPSA) is 47.9 Å². The molecule has 0 amide bonds. The second-order valence-electron chi connectivity index (χ2n) is 6.92. The fourth-order valence-electron chi connectivity index (χ4n) is 3.15. The van der Waals surface area contributed by atoms with Gasteiger partial charge in [-0.1, -0.05) is 36.8 Å². The van der Waals surface area contributed by atoms with Crippen molar-refractivity contribution in [3.05, 3.63) is 54.6 Å². The van der Waals surface area contributed by atoms with E-state index in [1.54, 1.807) is 12.2 Å². The summed E-state index contributed by atoms with van der Waals surface area (Å²) >= 11 is 0. The molecular formula is C24H32O4. The van der Waals surface area contributed by atoms with Crippen LogP contribution in [0.15, 0.2) is 43.5 Å². The number of aliphatic hydroxyl groups is 1. The van der Waals surface area contributed by atoms with Gasteiger partial charge in [-0.05, 0) is 50.7 Å². The number of rotatable bonds is 10. The average Bonchev–Trinajstić information content (AvgIpc) is 2.71. The molecule has 0 spiro atoms. The van der Waals surface area contributed by atoms with E-state index in [1.807, 2.05) is 25.1 Å². The summed E-state index contributed by atoms with van der Waals surface area (Å²) in [5.41, 5.74) is 1.67. The first-order chi connectivity index (χ1) is 13.7. The maximum atomic E-state index is 10.6. The van der Waals surface area contributed by atoms with E-state index < -0.39 is 6.10 Å². The monoisotopic (exact) mass is 384 g/mol. The lowest BCUT2D eigenvalue weighted by molar-refractivity contribution is -0.185. The van der Waals surface area contributed by atoms with Crippen molar-refractivity contribution in [2.45, 2.75) is 63.9 Å². The van der Waals surface area contributed by atoms with Crippen molar-refractivity contribution in [1.82, 2.24) is 0 Å². The zero-order valence-electron chi connectivity index (χ0n) is 16.9. The van der Waals surface area contributed by atoms with Gasteiger partial charge in [0.15, 0.2) is 6.29 Å². The van der Waals surface area contributed by atoms with E-state index in [9.17, 15) is 5.11 Å². The summed E-state index contributed by atoms with van der Waals surface area (Å²) in [6, 6.07) is 5.63. The van der Waals surface area contributed by atoms with Gasteiger partial charge in [0.1, 0.15) is 18.5 Å². The summed E-state index contributed by atoms with van der Waals surface area (Å²) in [6.45, 7) is 10.7. The molecule has 1 aliphatic rings. The van der Waals surface area contributed by atoms with E-state index in [0.717, 1.165) is 49.2 Å². The zero-order valence-corrected chi connectivity index (χ0v) is 16.9. The molecule has 1 saturated heterocycles. The Morgan fingerprint density at radius 1 is 1.32 bits per heavy atom. The molecule has 4 heteroatoms. The molecule has 152 valence electrons. The van der Waals surface area contributed by atoms with E-state index in [2.05, 4.69) is 25.0 Å². The highest BCUT2D eigenvalue weighted by molar-refractivity contribution is 5.44. The van der Waals surface area contributed by atoms with Crippen molar-refractivity contribution in [2.24, 2.45) is 0 Å². The van der Waals surface area contributed by atoms with Gasteiger partial charge in [0.2, 0.25) is 0 Å².